The molecule has 0 spiro atoms. The summed E-state index contributed by atoms with van der Waals surface area (Å²) in [5.74, 6) is 0.997. The normalized spacial score (nSPS) is 13.1. The van der Waals surface area contributed by atoms with Crippen LogP contribution in [0.4, 0.5) is 4.79 Å². The van der Waals surface area contributed by atoms with Gasteiger partial charge in [-0.1, -0.05) is 0 Å². The zero-order valence-corrected chi connectivity index (χ0v) is 13.1. The minimum Gasteiger partial charge on any atom is -0.444 e. The molecule has 0 aliphatic carbocycles. The standard InChI is InChI=1S/C14H26N4O2/c1-6-18-8-7-15-12(18)10-16-11(2)9-17-13(19)20-14(3,4)5/h7-8,11,16H,6,9-10H2,1-5H3,(H,17,19). The molecular weight excluding hydrogens is 256 g/mol. The van der Waals surface area contributed by atoms with E-state index in [1.54, 1.807) is 6.20 Å². The molecule has 1 atom stereocenters. The van der Waals surface area contributed by atoms with Crippen molar-refractivity contribution in [3.05, 3.63) is 18.2 Å². The van der Waals surface area contributed by atoms with E-state index in [1.165, 1.54) is 0 Å². The van der Waals surface area contributed by atoms with Gasteiger partial charge in [-0.15, -0.1) is 0 Å². The van der Waals surface area contributed by atoms with Gasteiger partial charge in [0.2, 0.25) is 0 Å². The van der Waals surface area contributed by atoms with Crippen LogP contribution in [-0.2, 0) is 17.8 Å². The summed E-state index contributed by atoms with van der Waals surface area (Å²) in [4.78, 5) is 15.8. The van der Waals surface area contributed by atoms with Crippen molar-refractivity contribution in [1.29, 1.82) is 0 Å². The second-order valence-electron chi connectivity index (χ2n) is 5.79. The van der Waals surface area contributed by atoms with E-state index in [-0.39, 0.29) is 12.1 Å². The Balaban J connectivity index is 2.27. The molecule has 0 saturated heterocycles. The molecule has 1 heterocycles. The summed E-state index contributed by atoms with van der Waals surface area (Å²) >= 11 is 0. The summed E-state index contributed by atoms with van der Waals surface area (Å²) in [5.41, 5.74) is -0.466. The molecule has 1 aromatic rings. The molecule has 0 saturated carbocycles. The topological polar surface area (TPSA) is 68.2 Å². The molecule has 6 nitrogen and oxygen atoms in total. The number of nitrogens with one attached hydrogen (secondary N) is 2. The van der Waals surface area contributed by atoms with Crippen LogP contribution in [0.1, 0.15) is 40.4 Å². The Kier molecular flexibility index (Phi) is 6.01. The van der Waals surface area contributed by atoms with Crippen LogP contribution in [0.3, 0.4) is 0 Å². The Morgan fingerprint density at radius 2 is 2.20 bits per heavy atom. The highest BCUT2D eigenvalue weighted by Crippen LogP contribution is 2.06. The summed E-state index contributed by atoms with van der Waals surface area (Å²) < 4.78 is 7.27. The quantitative estimate of drug-likeness (QED) is 0.836. The van der Waals surface area contributed by atoms with Gasteiger partial charge in [0.25, 0.3) is 0 Å². The molecule has 6 heteroatoms. The number of carbonyl (C=O) groups is 1. The number of aromatic nitrogens is 2. The van der Waals surface area contributed by atoms with Gasteiger partial charge in [0, 0.05) is 31.5 Å². The monoisotopic (exact) mass is 282 g/mol. The molecule has 0 radical (unpaired) electrons. The van der Waals surface area contributed by atoms with Gasteiger partial charge in [-0.05, 0) is 34.6 Å². The third-order valence-electron chi connectivity index (χ3n) is 2.70. The van der Waals surface area contributed by atoms with E-state index in [2.05, 4.69) is 27.1 Å². The number of hydrogen-bond donors (Lipinski definition) is 2. The van der Waals surface area contributed by atoms with E-state index in [0.717, 1.165) is 12.4 Å². The molecule has 0 bridgehead atoms. The number of aryl methyl sites for hydroxylation is 1. The van der Waals surface area contributed by atoms with Crippen LogP contribution in [0.25, 0.3) is 0 Å². The van der Waals surface area contributed by atoms with Crippen LogP contribution in [-0.4, -0.2) is 33.8 Å². The lowest BCUT2D eigenvalue weighted by Crippen LogP contribution is -2.41. The first kappa shape index (κ1) is 16.5. The number of rotatable bonds is 6. The third kappa shape index (κ3) is 6.06. The molecule has 0 aromatic carbocycles. The summed E-state index contributed by atoms with van der Waals surface area (Å²) in [6, 6.07) is 0.143. The van der Waals surface area contributed by atoms with Crippen molar-refractivity contribution in [2.45, 2.75) is 59.4 Å². The van der Waals surface area contributed by atoms with Gasteiger partial charge >= 0.3 is 6.09 Å². The van der Waals surface area contributed by atoms with Crippen molar-refractivity contribution in [2.75, 3.05) is 6.54 Å². The van der Waals surface area contributed by atoms with Crippen molar-refractivity contribution < 1.29 is 9.53 Å². The van der Waals surface area contributed by atoms with Gasteiger partial charge in [-0.3, -0.25) is 0 Å². The summed E-state index contributed by atoms with van der Waals surface area (Å²) in [6.07, 6.45) is 3.37. The molecule has 1 amide bonds. The van der Waals surface area contributed by atoms with E-state index in [9.17, 15) is 4.79 Å². The minimum atomic E-state index is -0.466. The first-order valence-electron chi connectivity index (χ1n) is 7.02. The molecule has 0 aliphatic rings. The number of hydrogen-bond acceptors (Lipinski definition) is 4. The smallest absolute Gasteiger partial charge is 0.407 e. The molecule has 1 unspecified atom stereocenters. The molecule has 0 aliphatic heterocycles. The molecule has 1 rings (SSSR count). The first-order valence-corrected chi connectivity index (χ1v) is 7.02. The highest BCUT2D eigenvalue weighted by Gasteiger charge is 2.16. The number of alkyl carbamates (subject to hydrolysis) is 1. The third-order valence-corrected chi connectivity index (χ3v) is 2.70. The van der Waals surface area contributed by atoms with Gasteiger partial charge in [-0.25, -0.2) is 9.78 Å². The lowest BCUT2D eigenvalue weighted by atomic mass is 10.2. The second-order valence-corrected chi connectivity index (χ2v) is 5.79. The molecule has 0 fully saturated rings. The lowest BCUT2D eigenvalue weighted by molar-refractivity contribution is 0.0523. The van der Waals surface area contributed by atoms with Gasteiger partial charge in [0.05, 0.1) is 6.54 Å². The maximum absolute atomic E-state index is 11.5. The Labute approximate surface area is 120 Å². The number of imidazole rings is 1. The van der Waals surface area contributed by atoms with Crippen molar-refractivity contribution in [3.8, 4) is 0 Å². The summed E-state index contributed by atoms with van der Waals surface area (Å²) in [7, 11) is 0. The van der Waals surface area contributed by atoms with Gasteiger partial charge in [-0.2, -0.15) is 0 Å². The number of carbonyl (C=O) groups excluding carboxylic acids is 1. The number of amides is 1. The highest BCUT2D eigenvalue weighted by atomic mass is 16.6. The van der Waals surface area contributed by atoms with E-state index in [4.69, 9.17) is 4.74 Å². The van der Waals surface area contributed by atoms with Crippen molar-refractivity contribution in [3.63, 3.8) is 0 Å². The Bertz CT molecular complexity index is 423. The van der Waals surface area contributed by atoms with Gasteiger partial charge in [0.1, 0.15) is 11.4 Å². The number of ether oxygens (including phenoxy) is 1. The van der Waals surface area contributed by atoms with Gasteiger partial charge in [0.15, 0.2) is 0 Å². The van der Waals surface area contributed by atoms with Crippen molar-refractivity contribution in [1.82, 2.24) is 20.2 Å². The van der Waals surface area contributed by atoms with E-state index < -0.39 is 5.60 Å². The molecule has 1 aromatic heterocycles. The van der Waals surface area contributed by atoms with Crippen LogP contribution in [0, 0.1) is 0 Å². The largest absolute Gasteiger partial charge is 0.444 e. The summed E-state index contributed by atoms with van der Waals surface area (Å²) in [5, 5.41) is 6.07. The highest BCUT2D eigenvalue weighted by molar-refractivity contribution is 5.67. The Morgan fingerprint density at radius 1 is 1.50 bits per heavy atom. The molecule has 114 valence electrons. The first-order chi connectivity index (χ1) is 9.31. The zero-order chi connectivity index (χ0) is 15.2. The van der Waals surface area contributed by atoms with E-state index >= 15 is 0 Å². The second kappa shape index (κ2) is 7.28. The van der Waals surface area contributed by atoms with Gasteiger partial charge < -0.3 is 19.9 Å². The SMILES string of the molecule is CCn1ccnc1CNC(C)CNC(=O)OC(C)(C)C. The Morgan fingerprint density at radius 3 is 2.80 bits per heavy atom. The molecule has 2 N–H and O–H groups in total. The maximum Gasteiger partial charge on any atom is 0.407 e. The van der Waals surface area contributed by atoms with E-state index in [1.807, 2.05) is 33.9 Å². The minimum absolute atomic E-state index is 0.143. The molecule has 20 heavy (non-hydrogen) atoms. The number of nitrogens with zero attached hydrogens (tertiary/aromatic N) is 2. The zero-order valence-electron chi connectivity index (χ0n) is 13.1. The fraction of sp³-hybridized carbons (Fsp3) is 0.714. The lowest BCUT2D eigenvalue weighted by Gasteiger charge is -2.21. The predicted octanol–water partition coefficient (Wildman–Crippen LogP) is 1.91. The average molecular weight is 282 g/mol. The Hall–Kier alpha value is -1.56. The van der Waals surface area contributed by atoms with Crippen LogP contribution in [0.2, 0.25) is 0 Å². The van der Waals surface area contributed by atoms with Crippen LogP contribution in [0.15, 0.2) is 12.4 Å². The van der Waals surface area contributed by atoms with Crippen molar-refractivity contribution in [2.24, 2.45) is 0 Å². The fourth-order valence-electron chi connectivity index (χ4n) is 1.68. The van der Waals surface area contributed by atoms with Crippen LogP contribution >= 0.6 is 0 Å². The molecular formula is C14H26N4O2. The fourth-order valence-corrected chi connectivity index (χ4v) is 1.68. The van der Waals surface area contributed by atoms with E-state index in [0.29, 0.717) is 13.1 Å². The van der Waals surface area contributed by atoms with Crippen molar-refractivity contribution >= 4 is 6.09 Å². The maximum atomic E-state index is 11.5. The average Bonchev–Trinajstić information content (AvgIpc) is 2.79. The van der Waals surface area contributed by atoms with Crippen LogP contribution in [0.5, 0.6) is 0 Å². The summed E-state index contributed by atoms with van der Waals surface area (Å²) in [6.45, 7) is 11.7. The predicted molar refractivity (Wildman–Crippen MR) is 78.4 cm³/mol. The van der Waals surface area contributed by atoms with Crippen LogP contribution < -0.4 is 10.6 Å².